The van der Waals surface area contributed by atoms with Crippen LogP contribution in [0.25, 0.3) is 0 Å². The molecule has 100 valence electrons. The summed E-state index contributed by atoms with van der Waals surface area (Å²) in [5.74, 6) is 0. The summed E-state index contributed by atoms with van der Waals surface area (Å²) >= 11 is 0. The SMILES string of the molecule is COc1ncc(CNCc2cnc(OC)nc2)cn1. The van der Waals surface area contributed by atoms with E-state index in [9.17, 15) is 0 Å². The van der Waals surface area contributed by atoms with Gasteiger partial charge in [0.15, 0.2) is 0 Å². The molecule has 2 rings (SSSR count). The van der Waals surface area contributed by atoms with E-state index in [1.54, 1.807) is 24.8 Å². The molecule has 0 aromatic carbocycles. The normalized spacial score (nSPS) is 10.2. The summed E-state index contributed by atoms with van der Waals surface area (Å²) in [5.41, 5.74) is 1.96. The molecule has 2 aromatic heterocycles. The number of ether oxygens (including phenoxy) is 2. The predicted molar refractivity (Wildman–Crippen MR) is 67.7 cm³/mol. The number of nitrogens with one attached hydrogen (secondary N) is 1. The van der Waals surface area contributed by atoms with Crippen molar-refractivity contribution in [3.8, 4) is 12.0 Å². The highest BCUT2D eigenvalue weighted by Gasteiger charge is 1.99. The minimum Gasteiger partial charge on any atom is -0.467 e. The number of aromatic nitrogens is 4. The third-order valence-corrected chi connectivity index (χ3v) is 2.39. The topological polar surface area (TPSA) is 82.0 Å². The van der Waals surface area contributed by atoms with Gasteiger partial charge in [0.05, 0.1) is 14.2 Å². The van der Waals surface area contributed by atoms with Gasteiger partial charge in [0.1, 0.15) is 0 Å². The Kier molecular flexibility index (Phi) is 4.57. The summed E-state index contributed by atoms with van der Waals surface area (Å²) in [6, 6.07) is 0.736. The van der Waals surface area contributed by atoms with Crippen molar-refractivity contribution in [1.82, 2.24) is 25.3 Å². The predicted octanol–water partition coefficient (Wildman–Crippen LogP) is 0.574. The minimum atomic E-state index is 0.368. The van der Waals surface area contributed by atoms with Gasteiger partial charge < -0.3 is 14.8 Å². The molecule has 2 aromatic rings. The van der Waals surface area contributed by atoms with E-state index >= 15 is 0 Å². The van der Waals surface area contributed by atoms with Gasteiger partial charge in [0.2, 0.25) is 0 Å². The molecule has 0 amide bonds. The van der Waals surface area contributed by atoms with E-state index in [2.05, 4.69) is 25.3 Å². The van der Waals surface area contributed by atoms with Crippen molar-refractivity contribution in [2.75, 3.05) is 14.2 Å². The van der Waals surface area contributed by atoms with Crippen molar-refractivity contribution in [2.45, 2.75) is 13.1 Å². The molecule has 7 heteroatoms. The average Bonchev–Trinajstić information content (AvgIpc) is 2.49. The summed E-state index contributed by atoms with van der Waals surface area (Å²) in [4.78, 5) is 16.1. The maximum absolute atomic E-state index is 4.89. The third-order valence-electron chi connectivity index (χ3n) is 2.39. The van der Waals surface area contributed by atoms with E-state index in [1.807, 2.05) is 0 Å². The van der Waals surface area contributed by atoms with E-state index < -0.39 is 0 Å². The number of methoxy groups -OCH3 is 2. The lowest BCUT2D eigenvalue weighted by Crippen LogP contribution is -2.13. The van der Waals surface area contributed by atoms with Gasteiger partial charge in [-0.25, -0.2) is 19.9 Å². The first-order valence-electron chi connectivity index (χ1n) is 5.72. The maximum atomic E-state index is 4.89. The first-order valence-corrected chi connectivity index (χ1v) is 5.72. The molecule has 0 saturated heterocycles. The molecule has 0 fully saturated rings. The van der Waals surface area contributed by atoms with E-state index in [0.29, 0.717) is 25.1 Å². The minimum absolute atomic E-state index is 0.368. The smallest absolute Gasteiger partial charge is 0.316 e. The van der Waals surface area contributed by atoms with Gasteiger partial charge in [-0.2, -0.15) is 0 Å². The quantitative estimate of drug-likeness (QED) is 0.814. The number of nitrogens with zero attached hydrogens (tertiary/aromatic N) is 4. The highest BCUT2D eigenvalue weighted by atomic mass is 16.5. The Bertz CT molecular complexity index is 453. The summed E-state index contributed by atoms with van der Waals surface area (Å²) in [6.45, 7) is 1.33. The highest BCUT2D eigenvalue weighted by molar-refractivity contribution is 5.09. The van der Waals surface area contributed by atoms with Crippen molar-refractivity contribution in [2.24, 2.45) is 0 Å². The van der Waals surface area contributed by atoms with Crippen LogP contribution in [0, 0.1) is 0 Å². The summed E-state index contributed by atoms with van der Waals surface area (Å²) in [7, 11) is 3.08. The molecular weight excluding hydrogens is 246 g/mol. The van der Waals surface area contributed by atoms with Gasteiger partial charge >= 0.3 is 12.0 Å². The Hall–Kier alpha value is -2.28. The van der Waals surface area contributed by atoms with Crippen LogP contribution in [0.1, 0.15) is 11.1 Å². The zero-order chi connectivity index (χ0) is 13.5. The third kappa shape index (κ3) is 3.85. The number of hydrogen-bond donors (Lipinski definition) is 1. The Labute approximate surface area is 111 Å². The monoisotopic (exact) mass is 261 g/mol. The molecule has 0 bridgehead atoms. The fraction of sp³-hybridized carbons (Fsp3) is 0.333. The van der Waals surface area contributed by atoms with Crippen LogP contribution in [-0.2, 0) is 13.1 Å². The Balaban J connectivity index is 1.81. The lowest BCUT2D eigenvalue weighted by Gasteiger charge is -2.05. The molecule has 0 saturated carbocycles. The second-order valence-electron chi connectivity index (χ2n) is 3.76. The van der Waals surface area contributed by atoms with Gasteiger partial charge in [-0.1, -0.05) is 0 Å². The van der Waals surface area contributed by atoms with Crippen molar-refractivity contribution in [1.29, 1.82) is 0 Å². The largest absolute Gasteiger partial charge is 0.467 e. The number of rotatable bonds is 6. The average molecular weight is 261 g/mol. The van der Waals surface area contributed by atoms with Gasteiger partial charge in [-0.05, 0) is 0 Å². The second kappa shape index (κ2) is 6.60. The molecule has 0 aliphatic rings. The fourth-order valence-electron chi connectivity index (χ4n) is 1.43. The van der Waals surface area contributed by atoms with Crippen molar-refractivity contribution in [3.63, 3.8) is 0 Å². The van der Waals surface area contributed by atoms with E-state index in [0.717, 1.165) is 11.1 Å². The Morgan fingerprint density at radius 2 is 1.16 bits per heavy atom. The molecule has 0 unspecified atom stereocenters. The van der Waals surface area contributed by atoms with Gasteiger partial charge in [0.25, 0.3) is 0 Å². The molecule has 0 radical (unpaired) electrons. The standard InChI is InChI=1S/C12H15N5O2/c1-18-11-14-5-9(6-15-11)3-13-4-10-7-16-12(19-2)17-8-10/h5-8,13H,3-4H2,1-2H3. The van der Waals surface area contributed by atoms with Gasteiger partial charge in [-0.15, -0.1) is 0 Å². The van der Waals surface area contributed by atoms with Crippen LogP contribution in [0.2, 0.25) is 0 Å². The van der Waals surface area contributed by atoms with Crippen molar-refractivity contribution < 1.29 is 9.47 Å². The summed E-state index contributed by atoms with van der Waals surface area (Å²) < 4.78 is 9.79. The molecule has 2 heterocycles. The van der Waals surface area contributed by atoms with Crippen molar-refractivity contribution in [3.05, 3.63) is 35.9 Å². The molecular formula is C12H15N5O2. The van der Waals surface area contributed by atoms with Crippen molar-refractivity contribution >= 4 is 0 Å². The molecule has 0 atom stereocenters. The lowest BCUT2D eigenvalue weighted by atomic mass is 10.3. The van der Waals surface area contributed by atoms with Crippen LogP contribution in [-0.4, -0.2) is 34.2 Å². The molecule has 0 spiro atoms. The Morgan fingerprint density at radius 3 is 1.47 bits per heavy atom. The van der Waals surface area contributed by atoms with Crippen LogP contribution < -0.4 is 14.8 Å². The lowest BCUT2D eigenvalue weighted by molar-refractivity contribution is 0.379. The van der Waals surface area contributed by atoms with Gasteiger partial charge in [-0.3, -0.25) is 0 Å². The zero-order valence-corrected chi connectivity index (χ0v) is 10.8. The van der Waals surface area contributed by atoms with Crippen LogP contribution in [0.5, 0.6) is 12.0 Å². The summed E-state index contributed by atoms with van der Waals surface area (Å²) in [6.07, 6.45) is 6.90. The number of hydrogen-bond acceptors (Lipinski definition) is 7. The van der Waals surface area contributed by atoms with Crippen LogP contribution in [0.4, 0.5) is 0 Å². The fourth-order valence-corrected chi connectivity index (χ4v) is 1.43. The molecule has 1 N–H and O–H groups in total. The molecule has 0 aliphatic heterocycles. The van der Waals surface area contributed by atoms with Crippen LogP contribution >= 0.6 is 0 Å². The van der Waals surface area contributed by atoms with Crippen LogP contribution in [0.3, 0.4) is 0 Å². The van der Waals surface area contributed by atoms with Crippen LogP contribution in [0.15, 0.2) is 24.8 Å². The van der Waals surface area contributed by atoms with E-state index in [1.165, 1.54) is 14.2 Å². The Morgan fingerprint density at radius 1 is 0.789 bits per heavy atom. The molecule has 0 aliphatic carbocycles. The second-order valence-corrected chi connectivity index (χ2v) is 3.76. The first-order chi connectivity index (χ1) is 9.31. The summed E-state index contributed by atoms with van der Waals surface area (Å²) in [5, 5.41) is 3.25. The molecule has 19 heavy (non-hydrogen) atoms. The highest BCUT2D eigenvalue weighted by Crippen LogP contribution is 2.03. The molecule has 7 nitrogen and oxygen atoms in total. The van der Waals surface area contributed by atoms with E-state index in [4.69, 9.17) is 9.47 Å². The first kappa shape index (κ1) is 13.2. The van der Waals surface area contributed by atoms with E-state index in [-0.39, 0.29) is 0 Å². The zero-order valence-electron chi connectivity index (χ0n) is 10.8. The maximum Gasteiger partial charge on any atom is 0.316 e. The van der Waals surface area contributed by atoms with Gasteiger partial charge in [0, 0.05) is 49.0 Å².